The highest BCUT2D eigenvalue weighted by Crippen LogP contribution is 2.19. The van der Waals surface area contributed by atoms with Crippen LogP contribution < -0.4 is 20.1 Å². The molecule has 1 amide bonds. The number of benzene rings is 2. The SMILES string of the molecule is CCNCc1ccccc1NC(=O)C(C)Oc1ccc(OC)cc1.Cl. The molecule has 2 rings (SSSR count). The van der Waals surface area contributed by atoms with E-state index < -0.39 is 6.10 Å². The maximum Gasteiger partial charge on any atom is 0.265 e. The molecule has 6 heteroatoms. The highest BCUT2D eigenvalue weighted by atomic mass is 35.5. The van der Waals surface area contributed by atoms with E-state index in [9.17, 15) is 4.79 Å². The first kappa shape index (κ1) is 20.8. The zero-order valence-corrected chi connectivity index (χ0v) is 15.6. The second-order valence-electron chi connectivity index (χ2n) is 5.36. The highest BCUT2D eigenvalue weighted by molar-refractivity contribution is 5.94. The van der Waals surface area contributed by atoms with E-state index in [2.05, 4.69) is 10.6 Å². The Morgan fingerprint density at radius 3 is 2.36 bits per heavy atom. The number of ether oxygens (including phenoxy) is 2. The molecule has 0 aromatic heterocycles. The molecule has 2 aromatic rings. The zero-order valence-electron chi connectivity index (χ0n) is 14.7. The Morgan fingerprint density at radius 2 is 1.72 bits per heavy atom. The van der Waals surface area contributed by atoms with Crippen LogP contribution in [-0.2, 0) is 11.3 Å². The summed E-state index contributed by atoms with van der Waals surface area (Å²) in [5.74, 6) is 1.19. The Balaban J connectivity index is 0.00000312. The van der Waals surface area contributed by atoms with Crippen LogP contribution in [0.3, 0.4) is 0 Å². The Labute approximate surface area is 155 Å². The van der Waals surface area contributed by atoms with Gasteiger partial charge in [-0.15, -0.1) is 12.4 Å². The van der Waals surface area contributed by atoms with Gasteiger partial charge in [-0.25, -0.2) is 0 Å². The Bertz CT molecular complexity index is 662. The van der Waals surface area contributed by atoms with Crippen LogP contribution in [0.5, 0.6) is 11.5 Å². The number of amides is 1. The molecule has 1 atom stereocenters. The van der Waals surface area contributed by atoms with Gasteiger partial charge in [0.1, 0.15) is 11.5 Å². The van der Waals surface area contributed by atoms with Crippen molar-refractivity contribution in [1.82, 2.24) is 5.32 Å². The van der Waals surface area contributed by atoms with Gasteiger partial charge in [-0.3, -0.25) is 4.79 Å². The molecule has 136 valence electrons. The number of hydrogen-bond acceptors (Lipinski definition) is 4. The standard InChI is InChI=1S/C19H24N2O3.ClH/c1-4-20-13-15-7-5-6-8-18(15)21-19(22)14(2)24-17-11-9-16(23-3)10-12-17;/h5-12,14,20H,4,13H2,1-3H3,(H,21,22);1H. The molecule has 5 nitrogen and oxygen atoms in total. The van der Waals surface area contributed by atoms with Gasteiger partial charge in [-0.1, -0.05) is 25.1 Å². The van der Waals surface area contributed by atoms with Crippen molar-refractivity contribution in [3.05, 3.63) is 54.1 Å². The molecule has 0 aliphatic heterocycles. The number of rotatable bonds is 8. The van der Waals surface area contributed by atoms with Crippen molar-refractivity contribution in [1.29, 1.82) is 0 Å². The molecule has 0 aliphatic rings. The van der Waals surface area contributed by atoms with Gasteiger partial charge in [0, 0.05) is 12.2 Å². The topological polar surface area (TPSA) is 59.6 Å². The van der Waals surface area contributed by atoms with Gasteiger partial charge in [0.15, 0.2) is 6.10 Å². The third-order valence-electron chi connectivity index (χ3n) is 3.58. The van der Waals surface area contributed by atoms with E-state index in [4.69, 9.17) is 9.47 Å². The maximum absolute atomic E-state index is 12.4. The first-order valence-electron chi connectivity index (χ1n) is 8.04. The van der Waals surface area contributed by atoms with Crippen LogP contribution >= 0.6 is 12.4 Å². The van der Waals surface area contributed by atoms with Crippen LogP contribution in [0.1, 0.15) is 19.4 Å². The molecule has 0 fully saturated rings. The first-order chi connectivity index (χ1) is 11.6. The summed E-state index contributed by atoms with van der Waals surface area (Å²) in [6.07, 6.45) is -0.606. The van der Waals surface area contributed by atoms with Crippen LogP contribution in [0.25, 0.3) is 0 Å². The van der Waals surface area contributed by atoms with Crippen LogP contribution in [0, 0.1) is 0 Å². The van der Waals surface area contributed by atoms with Crippen molar-refractivity contribution in [2.24, 2.45) is 0 Å². The quantitative estimate of drug-likeness (QED) is 0.750. The number of carbonyl (C=O) groups is 1. The number of carbonyl (C=O) groups excluding carboxylic acids is 1. The van der Waals surface area contributed by atoms with Gasteiger partial charge < -0.3 is 20.1 Å². The van der Waals surface area contributed by atoms with Crippen molar-refractivity contribution in [2.75, 3.05) is 19.0 Å². The smallest absolute Gasteiger partial charge is 0.265 e. The summed E-state index contributed by atoms with van der Waals surface area (Å²) in [6, 6.07) is 14.9. The average Bonchev–Trinajstić information content (AvgIpc) is 2.61. The molecule has 25 heavy (non-hydrogen) atoms. The van der Waals surface area contributed by atoms with Gasteiger partial charge >= 0.3 is 0 Å². The van der Waals surface area contributed by atoms with Crippen molar-refractivity contribution in [3.63, 3.8) is 0 Å². The fraction of sp³-hybridized carbons (Fsp3) is 0.316. The van der Waals surface area contributed by atoms with E-state index in [0.29, 0.717) is 12.3 Å². The molecule has 2 N–H and O–H groups in total. The number of hydrogen-bond donors (Lipinski definition) is 2. The van der Waals surface area contributed by atoms with Crippen LogP contribution in [-0.4, -0.2) is 25.7 Å². The average molecular weight is 365 g/mol. The van der Waals surface area contributed by atoms with Gasteiger partial charge in [-0.05, 0) is 49.4 Å². The summed E-state index contributed by atoms with van der Waals surface area (Å²) in [5, 5.41) is 6.20. The summed E-state index contributed by atoms with van der Waals surface area (Å²) >= 11 is 0. The molecule has 0 heterocycles. The van der Waals surface area contributed by atoms with Gasteiger partial charge in [-0.2, -0.15) is 0 Å². The van der Waals surface area contributed by atoms with Gasteiger partial charge in [0.2, 0.25) is 0 Å². The van der Waals surface area contributed by atoms with Crippen molar-refractivity contribution < 1.29 is 14.3 Å². The fourth-order valence-electron chi connectivity index (χ4n) is 2.20. The summed E-state index contributed by atoms with van der Waals surface area (Å²) in [5.41, 5.74) is 1.85. The predicted molar refractivity (Wildman–Crippen MR) is 103 cm³/mol. The van der Waals surface area contributed by atoms with E-state index in [1.807, 2.05) is 31.2 Å². The lowest BCUT2D eigenvalue weighted by atomic mass is 10.1. The fourth-order valence-corrected chi connectivity index (χ4v) is 2.20. The summed E-state index contributed by atoms with van der Waals surface area (Å²) in [6.45, 7) is 5.36. The number of methoxy groups -OCH3 is 1. The summed E-state index contributed by atoms with van der Waals surface area (Å²) < 4.78 is 10.8. The number of nitrogens with one attached hydrogen (secondary N) is 2. The Morgan fingerprint density at radius 1 is 1.08 bits per heavy atom. The monoisotopic (exact) mass is 364 g/mol. The largest absolute Gasteiger partial charge is 0.497 e. The van der Waals surface area contributed by atoms with E-state index >= 15 is 0 Å². The number of halogens is 1. The van der Waals surface area contributed by atoms with E-state index in [0.717, 1.165) is 23.5 Å². The number of para-hydroxylation sites is 1. The minimum absolute atomic E-state index is 0. The summed E-state index contributed by atoms with van der Waals surface area (Å²) in [7, 11) is 1.61. The second-order valence-corrected chi connectivity index (χ2v) is 5.36. The molecule has 0 spiro atoms. The summed E-state index contributed by atoms with van der Waals surface area (Å²) in [4.78, 5) is 12.4. The van der Waals surface area contributed by atoms with Crippen molar-refractivity contribution in [2.45, 2.75) is 26.5 Å². The van der Waals surface area contributed by atoms with E-state index in [1.54, 1.807) is 38.3 Å². The molecule has 0 radical (unpaired) electrons. The van der Waals surface area contributed by atoms with Crippen molar-refractivity contribution in [3.8, 4) is 11.5 Å². The van der Waals surface area contributed by atoms with Crippen LogP contribution in [0.15, 0.2) is 48.5 Å². The molecule has 0 aliphatic carbocycles. The lowest BCUT2D eigenvalue weighted by Crippen LogP contribution is -2.30. The maximum atomic E-state index is 12.4. The Hall–Kier alpha value is -2.24. The van der Waals surface area contributed by atoms with Crippen LogP contribution in [0.2, 0.25) is 0 Å². The first-order valence-corrected chi connectivity index (χ1v) is 8.04. The predicted octanol–water partition coefficient (Wildman–Crippen LogP) is 3.63. The zero-order chi connectivity index (χ0) is 17.4. The number of anilines is 1. The molecule has 0 bridgehead atoms. The highest BCUT2D eigenvalue weighted by Gasteiger charge is 2.16. The van der Waals surface area contributed by atoms with Gasteiger partial charge in [0.25, 0.3) is 5.91 Å². The third kappa shape index (κ3) is 6.29. The Kier molecular flexibility index (Phi) is 8.81. The molecule has 0 saturated heterocycles. The minimum atomic E-state index is -0.606. The minimum Gasteiger partial charge on any atom is -0.497 e. The molecule has 0 saturated carbocycles. The van der Waals surface area contributed by atoms with Crippen molar-refractivity contribution >= 4 is 24.0 Å². The third-order valence-corrected chi connectivity index (χ3v) is 3.58. The molecule has 2 aromatic carbocycles. The molecule has 1 unspecified atom stereocenters. The normalized spacial score (nSPS) is 11.2. The second kappa shape index (κ2) is 10.6. The van der Waals surface area contributed by atoms with Crippen LogP contribution in [0.4, 0.5) is 5.69 Å². The lowest BCUT2D eigenvalue weighted by molar-refractivity contribution is -0.122. The lowest BCUT2D eigenvalue weighted by Gasteiger charge is -2.17. The van der Waals surface area contributed by atoms with E-state index in [-0.39, 0.29) is 18.3 Å². The van der Waals surface area contributed by atoms with E-state index in [1.165, 1.54) is 0 Å². The molecular formula is C19H25ClN2O3. The molecular weight excluding hydrogens is 340 g/mol. The van der Waals surface area contributed by atoms with Gasteiger partial charge in [0.05, 0.1) is 7.11 Å².